The maximum Gasteiger partial charge on any atom is 0.282 e. The van der Waals surface area contributed by atoms with E-state index in [-0.39, 0.29) is 18.4 Å². The lowest BCUT2D eigenvalue weighted by molar-refractivity contribution is -0.126. The SMILES string of the molecule is C[C@@H]1C[C@@H](C)CN(S(=O)(=O)N2CCC[C@H](C(=O)NCc3ccccc3Cl)C2)C1. The summed E-state index contributed by atoms with van der Waals surface area (Å²) in [5.74, 6) is 0.280. The van der Waals surface area contributed by atoms with Crippen molar-refractivity contribution in [2.75, 3.05) is 26.2 Å². The molecule has 0 saturated carbocycles. The molecule has 2 aliphatic heterocycles. The van der Waals surface area contributed by atoms with E-state index in [4.69, 9.17) is 11.6 Å². The van der Waals surface area contributed by atoms with E-state index in [0.717, 1.165) is 12.0 Å². The molecule has 2 fully saturated rings. The summed E-state index contributed by atoms with van der Waals surface area (Å²) in [5.41, 5.74) is 0.856. The van der Waals surface area contributed by atoms with Crippen molar-refractivity contribution in [3.05, 3.63) is 34.9 Å². The fraction of sp³-hybridized carbons (Fsp3) is 0.650. The van der Waals surface area contributed by atoms with E-state index in [1.54, 1.807) is 10.4 Å². The quantitative estimate of drug-likeness (QED) is 0.785. The van der Waals surface area contributed by atoms with Gasteiger partial charge in [-0.05, 0) is 42.7 Å². The number of benzene rings is 1. The van der Waals surface area contributed by atoms with E-state index in [9.17, 15) is 13.2 Å². The Morgan fingerprint density at radius 1 is 1.14 bits per heavy atom. The number of rotatable bonds is 5. The van der Waals surface area contributed by atoms with Crippen molar-refractivity contribution < 1.29 is 13.2 Å². The predicted molar refractivity (Wildman–Crippen MR) is 111 cm³/mol. The molecule has 2 saturated heterocycles. The molecule has 0 aromatic heterocycles. The molecule has 3 rings (SSSR count). The maximum absolute atomic E-state index is 13.1. The Hall–Kier alpha value is -1.15. The van der Waals surface area contributed by atoms with Crippen molar-refractivity contribution in [1.82, 2.24) is 13.9 Å². The number of amides is 1. The van der Waals surface area contributed by atoms with Gasteiger partial charge in [-0.3, -0.25) is 4.79 Å². The van der Waals surface area contributed by atoms with Crippen LogP contribution in [0.15, 0.2) is 24.3 Å². The van der Waals surface area contributed by atoms with E-state index in [2.05, 4.69) is 19.2 Å². The topological polar surface area (TPSA) is 69.7 Å². The monoisotopic (exact) mass is 427 g/mol. The number of nitrogens with zero attached hydrogens (tertiary/aromatic N) is 2. The van der Waals surface area contributed by atoms with Crippen LogP contribution in [0.3, 0.4) is 0 Å². The Bertz CT molecular complexity index is 792. The van der Waals surface area contributed by atoms with Crippen molar-refractivity contribution >= 4 is 27.7 Å². The third-order valence-corrected chi connectivity index (χ3v) is 7.96. The first-order chi connectivity index (χ1) is 13.3. The van der Waals surface area contributed by atoms with Gasteiger partial charge in [0.1, 0.15) is 0 Å². The first-order valence-corrected chi connectivity index (χ1v) is 11.8. The second-order valence-electron chi connectivity index (χ2n) is 8.28. The molecule has 0 unspecified atom stereocenters. The van der Waals surface area contributed by atoms with E-state index in [1.165, 1.54) is 4.31 Å². The molecule has 1 aromatic carbocycles. The number of hydrogen-bond donors (Lipinski definition) is 1. The Labute approximate surface area is 173 Å². The first kappa shape index (κ1) is 21.6. The molecule has 1 amide bonds. The number of carbonyl (C=O) groups excluding carboxylic acids is 1. The van der Waals surface area contributed by atoms with Gasteiger partial charge in [-0.25, -0.2) is 0 Å². The van der Waals surface area contributed by atoms with Gasteiger partial charge < -0.3 is 5.32 Å². The lowest BCUT2D eigenvalue weighted by Crippen LogP contribution is -2.53. The van der Waals surface area contributed by atoms with Gasteiger partial charge in [-0.2, -0.15) is 17.0 Å². The predicted octanol–water partition coefficient (Wildman–Crippen LogP) is 2.89. The van der Waals surface area contributed by atoms with Crippen LogP contribution < -0.4 is 5.32 Å². The molecule has 3 atom stereocenters. The minimum atomic E-state index is -3.53. The van der Waals surface area contributed by atoms with Crippen LogP contribution in [-0.4, -0.2) is 49.1 Å². The molecule has 1 aromatic rings. The summed E-state index contributed by atoms with van der Waals surface area (Å²) in [6.45, 7) is 6.40. The van der Waals surface area contributed by atoms with Crippen LogP contribution in [0, 0.1) is 17.8 Å². The average molecular weight is 428 g/mol. The van der Waals surface area contributed by atoms with E-state index >= 15 is 0 Å². The van der Waals surface area contributed by atoms with Gasteiger partial charge in [-0.1, -0.05) is 43.6 Å². The number of halogens is 1. The van der Waals surface area contributed by atoms with Gasteiger partial charge in [-0.15, -0.1) is 0 Å². The van der Waals surface area contributed by atoms with Crippen LogP contribution in [0.2, 0.25) is 5.02 Å². The molecule has 0 aliphatic carbocycles. The molecule has 6 nitrogen and oxygen atoms in total. The molecular weight excluding hydrogens is 398 g/mol. The van der Waals surface area contributed by atoms with Crippen molar-refractivity contribution in [3.8, 4) is 0 Å². The molecule has 0 radical (unpaired) electrons. The summed E-state index contributed by atoms with van der Waals surface area (Å²) in [7, 11) is -3.53. The van der Waals surface area contributed by atoms with Crippen molar-refractivity contribution in [2.24, 2.45) is 17.8 Å². The van der Waals surface area contributed by atoms with Gasteiger partial charge >= 0.3 is 0 Å². The molecular formula is C20H30ClN3O3S. The van der Waals surface area contributed by atoms with Crippen molar-refractivity contribution in [2.45, 2.75) is 39.7 Å². The lowest BCUT2D eigenvalue weighted by atomic mass is 9.94. The standard InChI is InChI=1S/C20H30ClN3O3S/c1-15-10-16(2)13-24(12-15)28(26,27)23-9-5-7-18(14-23)20(25)22-11-17-6-3-4-8-19(17)21/h3-4,6,8,15-16,18H,5,7,9-14H2,1-2H3,(H,22,25)/t15-,16-,18+/m1/s1. The number of piperidine rings is 2. The number of nitrogens with one attached hydrogen (secondary N) is 1. The highest BCUT2D eigenvalue weighted by Crippen LogP contribution is 2.27. The van der Waals surface area contributed by atoms with E-state index in [0.29, 0.717) is 55.9 Å². The summed E-state index contributed by atoms with van der Waals surface area (Å²) in [4.78, 5) is 12.6. The fourth-order valence-corrected chi connectivity index (χ4v) is 6.43. The Kier molecular flexibility index (Phi) is 7.02. The van der Waals surface area contributed by atoms with E-state index < -0.39 is 10.2 Å². The zero-order valence-electron chi connectivity index (χ0n) is 16.6. The van der Waals surface area contributed by atoms with Crippen LogP contribution in [0.1, 0.15) is 38.7 Å². The molecule has 28 heavy (non-hydrogen) atoms. The van der Waals surface area contributed by atoms with Gasteiger partial charge in [0.2, 0.25) is 5.91 Å². The normalized spacial score (nSPS) is 27.5. The molecule has 156 valence electrons. The second kappa shape index (κ2) is 9.11. The molecule has 1 N–H and O–H groups in total. The summed E-state index contributed by atoms with van der Waals surface area (Å²) in [6, 6.07) is 7.39. The van der Waals surface area contributed by atoms with Crippen LogP contribution in [0.4, 0.5) is 0 Å². The molecule has 0 spiro atoms. The summed E-state index contributed by atoms with van der Waals surface area (Å²) < 4.78 is 29.4. The Morgan fingerprint density at radius 3 is 2.50 bits per heavy atom. The van der Waals surface area contributed by atoms with Crippen LogP contribution in [0.5, 0.6) is 0 Å². The molecule has 8 heteroatoms. The van der Waals surface area contributed by atoms with Gasteiger partial charge in [0, 0.05) is 37.7 Å². The largest absolute Gasteiger partial charge is 0.352 e. The lowest BCUT2D eigenvalue weighted by Gasteiger charge is -2.39. The second-order valence-corrected chi connectivity index (χ2v) is 10.6. The molecule has 0 bridgehead atoms. The van der Waals surface area contributed by atoms with Crippen LogP contribution >= 0.6 is 11.6 Å². The molecule has 2 heterocycles. The van der Waals surface area contributed by atoms with Crippen LogP contribution in [-0.2, 0) is 21.5 Å². The van der Waals surface area contributed by atoms with Gasteiger partial charge in [0.25, 0.3) is 10.2 Å². The summed E-state index contributed by atoms with van der Waals surface area (Å²) >= 11 is 6.14. The third kappa shape index (κ3) is 5.06. The minimum Gasteiger partial charge on any atom is -0.352 e. The van der Waals surface area contributed by atoms with Crippen molar-refractivity contribution in [3.63, 3.8) is 0 Å². The summed E-state index contributed by atoms with van der Waals surface area (Å²) in [6.07, 6.45) is 2.45. The van der Waals surface area contributed by atoms with Gasteiger partial charge in [0.05, 0.1) is 5.92 Å². The van der Waals surface area contributed by atoms with Crippen molar-refractivity contribution in [1.29, 1.82) is 0 Å². The number of hydrogen-bond acceptors (Lipinski definition) is 3. The highest BCUT2D eigenvalue weighted by atomic mass is 35.5. The van der Waals surface area contributed by atoms with Crippen LogP contribution in [0.25, 0.3) is 0 Å². The molecule has 2 aliphatic rings. The number of carbonyl (C=O) groups is 1. The summed E-state index contributed by atoms with van der Waals surface area (Å²) in [5, 5.41) is 3.53. The fourth-order valence-electron chi connectivity index (χ4n) is 4.29. The minimum absolute atomic E-state index is 0.111. The average Bonchev–Trinajstić information content (AvgIpc) is 2.66. The third-order valence-electron chi connectivity index (χ3n) is 5.65. The zero-order valence-corrected chi connectivity index (χ0v) is 18.2. The highest BCUT2D eigenvalue weighted by Gasteiger charge is 2.38. The van der Waals surface area contributed by atoms with Gasteiger partial charge in [0.15, 0.2) is 0 Å². The maximum atomic E-state index is 13.1. The first-order valence-electron chi connectivity index (χ1n) is 10.0. The van der Waals surface area contributed by atoms with E-state index in [1.807, 2.05) is 18.2 Å². The zero-order chi connectivity index (χ0) is 20.3. The highest BCUT2D eigenvalue weighted by molar-refractivity contribution is 7.86. The Morgan fingerprint density at radius 2 is 1.82 bits per heavy atom. The smallest absolute Gasteiger partial charge is 0.282 e. The Balaban J connectivity index is 1.61.